The lowest BCUT2D eigenvalue weighted by molar-refractivity contribution is 0.104. The zero-order valence-corrected chi connectivity index (χ0v) is 10.7. The fourth-order valence-electron chi connectivity index (χ4n) is 1.45. The van der Waals surface area contributed by atoms with E-state index >= 15 is 0 Å². The van der Waals surface area contributed by atoms with Crippen molar-refractivity contribution in [3.63, 3.8) is 0 Å². The van der Waals surface area contributed by atoms with E-state index < -0.39 is 0 Å². The number of ketones is 1. The van der Waals surface area contributed by atoms with Gasteiger partial charge < -0.3 is 0 Å². The standard InChI is InChI=1S/C15H11BrO/c16-14-9-7-13(8-10-14)15(17)11-6-12-4-2-1-3-5-12/h1-11H/b11-6-. The van der Waals surface area contributed by atoms with Gasteiger partial charge in [0.2, 0.25) is 0 Å². The summed E-state index contributed by atoms with van der Waals surface area (Å²) < 4.78 is 0.973. The van der Waals surface area contributed by atoms with E-state index in [1.807, 2.05) is 60.7 Å². The Morgan fingerprint density at radius 2 is 1.59 bits per heavy atom. The van der Waals surface area contributed by atoms with Crippen LogP contribution in [-0.2, 0) is 0 Å². The maximum Gasteiger partial charge on any atom is 0.185 e. The molecule has 0 fully saturated rings. The van der Waals surface area contributed by atoms with Gasteiger partial charge in [-0.15, -0.1) is 0 Å². The van der Waals surface area contributed by atoms with Crippen LogP contribution in [0.4, 0.5) is 0 Å². The Hall–Kier alpha value is -1.67. The molecule has 2 aromatic carbocycles. The van der Waals surface area contributed by atoms with Gasteiger partial charge in [0, 0.05) is 10.0 Å². The first-order valence-corrected chi connectivity index (χ1v) is 6.08. The average molecular weight is 287 g/mol. The summed E-state index contributed by atoms with van der Waals surface area (Å²) in [7, 11) is 0. The van der Waals surface area contributed by atoms with Crippen molar-refractivity contribution in [1.82, 2.24) is 0 Å². The van der Waals surface area contributed by atoms with Crippen molar-refractivity contribution in [2.24, 2.45) is 0 Å². The molecule has 2 heteroatoms. The van der Waals surface area contributed by atoms with Crippen molar-refractivity contribution in [3.05, 3.63) is 76.3 Å². The van der Waals surface area contributed by atoms with E-state index in [4.69, 9.17) is 0 Å². The third-order valence-electron chi connectivity index (χ3n) is 2.36. The quantitative estimate of drug-likeness (QED) is 0.606. The largest absolute Gasteiger partial charge is 0.289 e. The molecular formula is C15H11BrO. The predicted octanol–water partition coefficient (Wildman–Crippen LogP) is 4.35. The molecule has 0 N–H and O–H groups in total. The molecule has 0 aliphatic carbocycles. The Morgan fingerprint density at radius 3 is 2.24 bits per heavy atom. The highest BCUT2D eigenvalue weighted by atomic mass is 79.9. The Morgan fingerprint density at radius 1 is 0.941 bits per heavy atom. The summed E-state index contributed by atoms with van der Waals surface area (Å²) in [5, 5.41) is 0. The molecule has 0 radical (unpaired) electrons. The molecule has 2 aromatic rings. The molecule has 1 nitrogen and oxygen atoms in total. The molecule has 2 rings (SSSR count). The average Bonchev–Trinajstić information content (AvgIpc) is 2.38. The Balaban J connectivity index is 2.12. The van der Waals surface area contributed by atoms with Crippen LogP contribution < -0.4 is 0 Å². The zero-order chi connectivity index (χ0) is 12.1. The van der Waals surface area contributed by atoms with Crippen LogP contribution in [0.2, 0.25) is 0 Å². The van der Waals surface area contributed by atoms with Gasteiger partial charge in [-0.05, 0) is 35.9 Å². The minimum atomic E-state index is 0.0151. The number of hydrogen-bond acceptors (Lipinski definition) is 1. The monoisotopic (exact) mass is 286 g/mol. The lowest BCUT2D eigenvalue weighted by Crippen LogP contribution is -1.92. The number of benzene rings is 2. The van der Waals surface area contributed by atoms with Gasteiger partial charge in [-0.1, -0.05) is 52.3 Å². The van der Waals surface area contributed by atoms with E-state index in [0.29, 0.717) is 5.56 Å². The zero-order valence-electron chi connectivity index (χ0n) is 9.14. The maximum atomic E-state index is 11.8. The lowest BCUT2D eigenvalue weighted by Gasteiger charge is -1.96. The van der Waals surface area contributed by atoms with Gasteiger partial charge >= 0.3 is 0 Å². The summed E-state index contributed by atoms with van der Waals surface area (Å²) in [4.78, 5) is 11.8. The van der Waals surface area contributed by atoms with Gasteiger partial charge in [-0.25, -0.2) is 0 Å². The second-order valence-corrected chi connectivity index (χ2v) is 4.53. The molecule has 0 aliphatic rings. The minimum Gasteiger partial charge on any atom is -0.289 e. The van der Waals surface area contributed by atoms with Crippen LogP contribution in [0.3, 0.4) is 0 Å². The molecule has 17 heavy (non-hydrogen) atoms. The number of halogens is 1. The second-order valence-electron chi connectivity index (χ2n) is 3.62. The summed E-state index contributed by atoms with van der Waals surface area (Å²) in [5.74, 6) is 0.0151. The Kier molecular flexibility index (Phi) is 3.89. The number of hydrogen-bond donors (Lipinski definition) is 0. The second kappa shape index (κ2) is 5.60. The fraction of sp³-hybridized carbons (Fsp3) is 0. The number of carbonyl (C=O) groups excluding carboxylic acids is 1. The van der Waals surface area contributed by atoms with Crippen molar-refractivity contribution >= 4 is 27.8 Å². The fourth-order valence-corrected chi connectivity index (χ4v) is 1.71. The van der Waals surface area contributed by atoms with E-state index in [0.717, 1.165) is 10.0 Å². The number of rotatable bonds is 3. The van der Waals surface area contributed by atoms with Crippen LogP contribution in [0.15, 0.2) is 65.1 Å². The van der Waals surface area contributed by atoms with Crippen molar-refractivity contribution < 1.29 is 4.79 Å². The van der Waals surface area contributed by atoms with Gasteiger partial charge in [0.15, 0.2) is 5.78 Å². The first-order chi connectivity index (χ1) is 8.25. The Bertz CT molecular complexity index is 527. The molecule has 84 valence electrons. The molecule has 0 bridgehead atoms. The molecule has 0 unspecified atom stereocenters. The summed E-state index contributed by atoms with van der Waals surface area (Å²) in [5.41, 5.74) is 1.72. The van der Waals surface area contributed by atoms with E-state index in [9.17, 15) is 4.79 Å². The van der Waals surface area contributed by atoms with Crippen LogP contribution in [0.25, 0.3) is 6.08 Å². The van der Waals surface area contributed by atoms with Crippen molar-refractivity contribution in [2.45, 2.75) is 0 Å². The van der Waals surface area contributed by atoms with Crippen LogP contribution >= 0.6 is 15.9 Å². The van der Waals surface area contributed by atoms with Gasteiger partial charge in [0.1, 0.15) is 0 Å². The van der Waals surface area contributed by atoms with E-state index in [1.165, 1.54) is 0 Å². The molecular weight excluding hydrogens is 276 g/mol. The lowest BCUT2D eigenvalue weighted by atomic mass is 10.1. The van der Waals surface area contributed by atoms with E-state index in [2.05, 4.69) is 15.9 Å². The van der Waals surface area contributed by atoms with Crippen LogP contribution in [0.5, 0.6) is 0 Å². The van der Waals surface area contributed by atoms with Crippen molar-refractivity contribution in [2.75, 3.05) is 0 Å². The smallest absolute Gasteiger partial charge is 0.185 e. The molecule has 0 amide bonds. The molecule has 0 saturated heterocycles. The summed E-state index contributed by atoms with van der Waals surface area (Å²) in [6.07, 6.45) is 3.42. The van der Waals surface area contributed by atoms with E-state index in [-0.39, 0.29) is 5.78 Å². The molecule has 0 atom stereocenters. The van der Waals surface area contributed by atoms with Crippen molar-refractivity contribution in [1.29, 1.82) is 0 Å². The molecule has 0 heterocycles. The SMILES string of the molecule is O=C(/C=C\c1ccccc1)c1ccc(Br)cc1. The molecule has 0 aromatic heterocycles. The highest BCUT2D eigenvalue weighted by molar-refractivity contribution is 9.10. The van der Waals surface area contributed by atoms with E-state index in [1.54, 1.807) is 6.08 Å². The van der Waals surface area contributed by atoms with Gasteiger partial charge in [0.05, 0.1) is 0 Å². The number of carbonyl (C=O) groups is 1. The highest BCUT2D eigenvalue weighted by Gasteiger charge is 2.00. The highest BCUT2D eigenvalue weighted by Crippen LogP contribution is 2.12. The first-order valence-electron chi connectivity index (χ1n) is 5.29. The summed E-state index contributed by atoms with van der Waals surface area (Å²) in [6.45, 7) is 0. The predicted molar refractivity (Wildman–Crippen MR) is 73.9 cm³/mol. The Labute approximate surface area is 109 Å². The normalized spacial score (nSPS) is 10.6. The summed E-state index contributed by atoms with van der Waals surface area (Å²) in [6, 6.07) is 17.1. The maximum absolute atomic E-state index is 11.8. The molecule has 0 saturated carbocycles. The van der Waals surface area contributed by atoms with Crippen LogP contribution in [-0.4, -0.2) is 5.78 Å². The van der Waals surface area contributed by atoms with Crippen molar-refractivity contribution in [3.8, 4) is 0 Å². The third-order valence-corrected chi connectivity index (χ3v) is 2.88. The minimum absolute atomic E-state index is 0.0151. The third kappa shape index (κ3) is 3.40. The number of allylic oxidation sites excluding steroid dienone is 1. The topological polar surface area (TPSA) is 17.1 Å². The van der Waals surface area contributed by atoms with Gasteiger partial charge in [-0.2, -0.15) is 0 Å². The first kappa shape index (κ1) is 11.8. The summed E-state index contributed by atoms with van der Waals surface area (Å²) >= 11 is 3.34. The van der Waals surface area contributed by atoms with Crippen LogP contribution in [0, 0.1) is 0 Å². The van der Waals surface area contributed by atoms with Gasteiger partial charge in [-0.3, -0.25) is 4.79 Å². The molecule has 0 spiro atoms. The van der Waals surface area contributed by atoms with Crippen LogP contribution in [0.1, 0.15) is 15.9 Å². The molecule has 0 aliphatic heterocycles. The van der Waals surface area contributed by atoms with Gasteiger partial charge in [0.25, 0.3) is 0 Å².